The van der Waals surface area contributed by atoms with E-state index in [0.29, 0.717) is 18.0 Å². The molecule has 0 fully saturated rings. The number of hydrogen-bond donors (Lipinski definition) is 1. The molecule has 0 amide bonds. The number of ether oxygens (including phenoxy) is 1. The van der Waals surface area contributed by atoms with Gasteiger partial charge in [-0.05, 0) is 38.7 Å². The van der Waals surface area contributed by atoms with Crippen LogP contribution in [0.3, 0.4) is 0 Å². The monoisotopic (exact) mass is 294 g/mol. The Morgan fingerprint density at radius 2 is 1.86 bits per heavy atom. The molecule has 0 saturated heterocycles. The Balaban J connectivity index is 3.08. The molecule has 0 aliphatic carbocycles. The summed E-state index contributed by atoms with van der Waals surface area (Å²) in [6.45, 7) is 13.0. The maximum Gasteiger partial charge on any atom is 0.292 e. The van der Waals surface area contributed by atoms with Gasteiger partial charge >= 0.3 is 0 Å². The zero-order valence-electron chi connectivity index (χ0n) is 13.8. The second-order valence-corrected chi connectivity index (χ2v) is 7.12. The molecule has 1 N–H and O–H groups in total. The Morgan fingerprint density at radius 1 is 1.24 bits per heavy atom. The molecule has 118 valence electrons. The van der Waals surface area contributed by atoms with Crippen molar-refractivity contribution >= 4 is 11.4 Å². The lowest BCUT2D eigenvalue weighted by atomic mass is 9.81. The Hall–Kier alpha value is -1.78. The van der Waals surface area contributed by atoms with E-state index in [4.69, 9.17) is 4.74 Å². The minimum absolute atomic E-state index is 0.0698. The highest BCUT2D eigenvalue weighted by Gasteiger charge is 2.28. The van der Waals surface area contributed by atoms with Gasteiger partial charge < -0.3 is 10.1 Å². The fourth-order valence-electron chi connectivity index (χ4n) is 2.77. The van der Waals surface area contributed by atoms with Crippen molar-refractivity contribution in [3.63, 3.8) is 0 Å². The molecule has 5 heteroatoms. The first-order valence-corrected chi connectivity index (χ1v) is 7.23. The lowest BCUT2D eigenvalue weighted by Crippen LogP contribution is -2.35. The molecule has 0 aliphatic heterocycles. The van der Waals surface area contributed by atoms with Gasteiger partial charge in [0.05, 0.1) is 11.5 Å². The molecule has 0 spiro atoms. The van der Waals surface area contributed by atoms with E-state index in [1.807, 2.05) is 6.92 Å². The van der Waals surface area contributed by atoms with Crippen molar-refractivity contribution in [1.82, 2.24) is 0 Å². The van der Waals surface area contributed by atoms with Crippen LogP contribution in [0.2, 0.25) is 0 Å². The van der Waals surface area contributed by atoms with Crippen LogP contribution in [0.25, 0.3) is 0 Å². The molecule has 0 atom stereocenters. The van der Waals surface area contributed by atoms with Gasteiger partial charge in [-0.25, -0.2) is 0 Å². The van der Waals surface area contributed by atoms with Crippen molar-refractivity contribution in [2.24, 2.45) is 5.41 Å². The van der Waals surface area contributed by atoms with Crippen LogP contribution in [0.4, 0.5) is 11.4 Å². The molecular weight excluding hydrogens is 268 g/mol. The van der Waals surface area contributed by atoms with Gasteiger partial charge in [0.25, 0.3) is 5.69 Å². The zero-order chi connectivity index (χ0) is 16.3. The van der Waals surface area contributed by atoms with Crippen molar-refractivity contribution in [3.8, 4) is 5.75 Å². The molecule has 0 heterocycles. The van der Waals surface area contributed by atoms with E-state index in [9.17, 15) is 10.1 Å². The van der Waals surface area contributed by atoms with Crippen LogP contribution in [-0.2, 0) is 0 Å². The molecule has 0 aromatic heterocycles. The van der Waals surface area contributed by atoms with Crippen molar-refractivity contribution in [1.29, 1.82) is 0 Å². The van der Waals surface area contributed by atoms with Crippen LogP contribution in [0.1, 0.15) is 48.0 Å². The first kappa shape index (κ1) is 17.3. The number of nitrogens with one attached hydrogen (secondary N) is 1. The van der Waals surface area contributed by atoms with Gasteiger partial charge in [0.2, 0.25) is 0 Å². The SMILES string of the molecule is CCOc1ccc([N+](=O)[O-])c(NC(C)(C)CC(C)(C)C)c1. The van der Waals surface area contributed by atoms with E-state index >= 15 is 0 Å². The number of hydrogen-bond acceptors (Lipinski definition) is 4. The van der Waals surface area contributed by atoms with Crippen LogP contribution in [0.15, 0.2) is 18.2 Å². The second kappa shape index (κ2) is 6.33. The minimum atomic E-state index is -0.370. The molecule has 21 heavy (non-hydrogen) atoms. The van der Waals surface area contributed by atoms with E-state index in [1.165, 1.54) is 6.07 Å². The number of anilines is 1. The van der Waals surface area contributed by atoms with Crippen molar-refractivity contribution < 1.29 is 9.66 Å². The standard InChI is InChI=1S/C16H26N2O3/c1-7-21-12-8-9-14(18(19)20)13(10-12)17-16(5,6)11-15(2,3)4/h8-10,17H,7,11H2,1-6H3. The maximum atomic E-state index is 11.2. The summed E-state index contributed by atoms with van der Waals surface area (Å²) in [7, 11) is 0. The highest BCUT2D eigenvalue weighted by molar-refractivity contribution is 5.65. The van der Waals surface area contributed by atoms with E-state index in [2.05, 4.69) is 39.9 Å². The fraction of sp³-hybridized carbons (Fsp3) is 0.625. The van der Waals surface area contributed by atoms with Gasteiger partial charge in [-0.2, -0.15) is 0 Å². The predicted octanol–water partition coefficient (Wildman–Crippen LogP) is 4.62. The van der Waals surface area contributed by atoms with Gasteiger partial charge in [0.1, 0.15) is 11.4 Å². The Kier molecular flexibility index (Phi) is 5.20. The second-order valence-electron chi connectivity index (χ2n) is 7.12. The van der Waals surface area contributed by atoms with E-state index in [0.717, 1.165) is 6.42 Å². The van der Waals surface area contributed by atoms with Crippen molar-refractivity contribution in [2.75, 3.05) is 11.9 Å². The Labute approximate surface area is 126 Å². The summed E-state index contributed by atoms with van der Waals surface area (Å²) in [6, 6.07) is 4.82. The van der Waals surface area contributed by atoms with Gasteiger partial charge in [0.15, 0.2) is 0 Å². The summed E-state index contributed by atoms with van der Waals surface area (Å²) in [5.41, 5.74) is 0.442. The quantitative estimate of drug-likeness (QED) is 0.614. The number of nitro benzene ring substituents is 1. The molecule has 0 bridgehead atoms. The third-order valence-corrected chi connectivity index (χ3v) is 2.92. The van der Waals surface area contributed by atoms with E-state index in [1.54, 1.807) is 12.1 Å². The lowest BCUT2D eigenvalue weighted by Gasteiger charge is -2.34. The number of benzene rings is 1. The van der Waals surface area contributed by atoms with E-state index < -0.39 is 0 Å². The first-order valence-electron chi connectivity index (χ1n) is 7.23. The lowest BCUT2D eigenvalue weighted by molar-refractivity contribution is -0.384. The topological polar surface area (TPSA) is 64.4 Å². The van der Waals surface area contributed by atoms with Crippen LogP contribution in [-0.4, -0.2) is 17.1 Å². The highest BCUT2D eigenvalue weighted by Crippen LogP contribution is 2.35. The molecule has 0 radical (unpaired) electrons. The largest absolute Gasteiger partial charge is 0.494 e. The summed E-state index contributed by atoms with van der Waals surface area (Å²) in [5, 5.41) is 14.5. The van der Waals surface area contributed by atoms with Gasteiger partial charge in [-0.15, -0.1) is 0 Å². The summed E-state index contributed by atoms with van der Waals surface area (Å²) in [6.07, 6.45) is 0.885. The van der Waals surface area contributed by atoms with Crippen LogP contribution in [0, 0.1) is 15.5 Å². The minimum Gasteiger partial charge on any atom is -0.494 e. The smallest absolute Gasteiger partial charge is 0.292 e. The summed E-state index contributed by atoms with van der Waals surface area (Å²) < 4.78 is 5.43. The maximum absolute atomic E-state index is 11.2. The average Bonchev–Trinajstić information content (AvgIpc) is 2.24. The molecule has 0 saturated carbocycles. The molecule has 1 aromatic carbocycles. The summed E-state index contributed by atoms with van der Waals surface area (Å²) in [5.74, 6) is 0.636. The van der Waals surface area contributed by atoms with E-state index in [-0.39, 0.29) is 21.6 Å². The fourth-order valence-corrected chi connectivity index (χ4v) is 2.77. The van der Waals surface area contributed by atoms with Gasteiger partial charge in [-0.3, -0.25) is 10.1 Å². The van der Waals surface area contributed by atoms with Crippen molar-refractivity contribution in [2.45, 2.75) is 53.5 Å². The molecule has 5 nitrogen and oxygen atoms in total. The summed E-state index contributed by atoms with van der Waals surface area (Å²) >= 11 is 0. The third-order valence-electron chi connectivity index (χ3n) is 2.92. The zero-order valence-corrected chi connectivity index (χ0v) is 13.8. The van der Waals surface area contributed by atoms with Gasteiger partial charge in [0, 0.05) is 17.7 Å². The third kappa shape index (κ3) is 5.61. The molecule has 1 rings (SSSR count). The highest BCUT2D eigenvalue weighted by atomic mass is 16.6. The number of nitro groups is 1. The van der Waals surface area contributed by atoms with Crippen LogP contribution >= 0.6 is 0 Å². The van der Waals surface area contributed by atoms with Crippen LogP contribution < -0.4 is 10.1 Å². The molecule has 1 aromatic rings. The van der Waals surface area contributed by atoms with Crippen LogP contribution in [0.5, 0.6) is 5.75 Å². The predicted molar refractivity (Wildman–Crippen MR) is 86.0 cm³/mol. The number of rotatable bonds is 6. The first-order chi connectivity index (χ1) is 9.54. The molecular formula is C16H26N2O3. The average molecular weight is 294 g/mol. The Bertz CT molecular complexity index is 505. The normalized spacial score (nSPS) is 12.1. The van der Waals surface area contributed by atoms with Crippen molar-refractivity contribution in [3.05, 3.63) is 28.3 Å². The van der Waals surface area contributed by atoms with Gasteiger partial charge in [-0.1, -0.05) is 20.8 Å². The molecule has 0 aliphatic rings. The number of nitrogens with zero attached hydrogens (tertiary/aromatic N) is 1. The Morgan fingerprint density at radius 3 is 2.33 bits per heavy atom. The summed E-state index contributed by atoms with van der Waals surface area (Å²) in [4.78, 5) is 10.8. The molecule has 0 unspecified atom stereocenters.